The van der Waals surface area contributed by atoms with Gasteiger partial charge in [0.1, 0.15) is 0 Å². The maximum Gasteiger partial charge on any atom is 0.417 e. The summed E-state index contributed by atoms with van der Waals surface area (Å²) >= 11 is 1.72. The fourth-order valence-electron chi connectivity index (χ4n) is 1.65. The molecule has 1 heterocycles. The Labute approximate surface area is 104 Å². The van der Waals surface area contributed by atoms with E-state index in [-0.39, 0.29) is 0 Å². The summed E-state index contributed by atoms with van der Waals surface area (Å²) < 4.78 is 4.95. The predicted molar refractivity (Wildman–Crippen MR) is 71.5 cm³/mol. The maximum absolute atomic E-state index is 11.0. The Morgan fingerprint density at radius 2 is 2.24 bits per heavy atom. The van der Waals surface area contributed by atoms with Crippen LogP contribution in [0.25, 0.3) is 11.1 Å². The fraction of sp³-hybridized carbons (Fsp3) is 0.417. The van der Waals surface area contributed by atoms with E-state index in [0.29, 0.717) is 16.8 Å². The van der Waals surface area contributed by atoms with Crippen LogP contribution in [0.1, 0.15) is 26.2 Å². The summed E-state index contributed by atoms with van der Waals surface area (Å²) in [6.45, 7) is 2.18. The lowest BCUT2D eigenvalue weighted by Crippen LogP contribution is -1.93. The van der Waals surface area contributed by atoms with Crippen LogP contribution in [-0.2, 0) is 0 Å². The average Bonchev–Trinajstić information content (AvgIpc) is 2.63. The zero-order chi connectivity index (χ0) is 12.3. The summed E-state index contributed by atoms with van der Waals surface area (Å²) in [5.74, 6) is 0.610. The quantitative estimate of drug-likeness (QED) is 0.487. The van der Waals surface area contributed by atoms with Crippen molar-refractivity contribution >= 4 is 28.5 Å². The van der Waals surface area contributed by atoms with E-state index in [2.05, 4.69) is 11.9 Å². The number of nitrogen functional groups attached to an aromatic ring is 1. The number of nitrogens with one attached hydrogen (secondary N) is 1. The molecule has 2 aromatic rings. The molecule has 1 aromatic carbocycles. The number of aromatic nitrogens is 1. The molecule has 0 unspecified atom stereocenters. The zero-order valence-corrected chi connectivity index (χ0v) is 10.6. The molecular weight excluding hydrogens is 236 g/mol. The van der Waals surface area contributed by atoms with Gasteiger partial charge >= 0.3 is 5.76 Å². The third-order valence-electron chi connectivity index (χ3n) is 2.56. The van der Waals surface area contributed by atoms with Crippen molar-refractivity contribution in [1.82, 2.24) is 4.98 Å². The zero-order valence-electron chi connectivity index (χ0n) is 9.79. The Hall–Kier alpha value is -1.36. The molecule has 1 aromatic heterocycles. The van der Waals surface area contributed by atoms with E-state index >= 15 is 0 Å². The fourth-order valence-corrected chi connectivity index (χ4v) is 2.65. The third kappa shape index (κ3) is 2.85. The summed E-state index contributed by atoms with van der Waals surface area (Å²) in [4.78, 5) is 14.7. The smallest absolute Gasteiger partial charge is 0.408 e. The highest BCUT2D eigenvalue weighted by atomic mass is 32.2. The van der Waals surface area contributed by atoms with Gasteiger partial charge in [-0.25, -0.2) is 4.79 Å². The van der Waals surface area contributed by atoms with E-state index in [0.717, 1.165) is 10.6 Å². The Balaban J connectivity index is 2.16. The first-order valence-corrected chi connectivity index (χ1v) is 6.74. The Morgan fingerprint density at radius 3 is 3.00 bits per heavy atom. The van der Waals surface area contributed by atoms with E-state index < -0.39 is 5.76 Å². The van der Waals surface area contributed by atoms with Gasteiger partial charge in [0.25, 0.3) is 0 Å². The minimum Gasteiger partial charge on any atom is -0.408 e. The van der Waals surface area contributed by atoms with E-state index in [1.165, 1.54) is 19.3 Å². The van der Waals surface area contributed by atoms with E-state index in [4.69, 9.17) is 10.2 Å². The second-order valence-corrected chi connectivity index (χ2v) is 5.09. The summed E-state index contributed by atoms with van der Waals surface area (Å²) in [6, 6.07) is 3.58. The predicted octanol–water partition coefficient (Wildman–Crippen LogP) is 2.99. The van der Waals surface area contributed by atoms with Crippen LogP contribution in [-0.4, -0.2) is 10.7 Å². The van der Waals surface area contributed by atoms with Crippen molar-refractivity contribution in [3.63, 3.8) is 0 Å². The Morgan fingerprint density at radius 1 is 1.41 bits per heavy atom. The van der Waals surface area contributed by atoms with Gasteiger partial charge < -0.3 is 10.2 Å². The third-order valence-corrected chi connectivity index (χ3v) is 3.71. The lowest BCUT2D eigenvalue weighted by molar-refractivity contribution is 0.555. The van der Waals surface area contributed by atoms with Gasteiger partial charge in [-0.2, -0.15) is 0 Å². The number of fused-ring (bicyclic) bond motifs is 1. The molecule has 0 radical (unpaired) electrons. The van der Waals surface area contributed by atoms with Crippen molar-refractivity contribution in [2.45, 2.75) is 31.1 Å². The minimum atomic E-state index is -0.437. The molecule has 2 rings (SSSR count). The van der Waals surface area contributed by atoms with Crippen molar-refractivity contribution in [2.75, 3.05) is 11.5 Å². The number of unbranched alkanes of at least 4 members (excludes halogenated alkanes) is 2. The molecule has 0 saturated carbocycles. The highest BCUT2D eigenvalue weighted by Crippen LogP contribution is 2.29. The Kier molecular flexibility index (Phi) is 3.78. The van der Waals surface area contributed by atoms with Gasteiger partial charge in [-0.1, -0.05) is 19.8 Å². The van der Waals surface area contributed by atoms with Crippen LogP contribution >= 0.6 is 11.8 Å². The number of benzene rings is 1. The largest absolute Gasteiger partial charge is 0.417 e. The first kappa shape index (κ1) is 12.1. The molecule has 4 nitrogen and oxygen atoms in total. The highest BCUT2D eigenvalue weighted by Gasteiger charge is 2.06. The number of hydrogen-bond acceptors (Lipinski definition) is 4. The highest BCUT2D eigenvalue weighted by molar-refractivity contribution is 7.99. The standard InChI is InChI=1S/C12H16N2O2S/c1-2-3-4-5-17-11-7-9-10(6-8(11)13)16-12(15)14-9/h6-7H,2-5,13H2,1H3,(H,14,15). The second-order valence-electron chi connectivity index (χ2n) is 3.96. The van der Waals surface area contributed by atoms with Crippen LogP contribution < -0.4 is 11.5 Å². The SMILES string of the molecule is CCCCCSc1cc2[nH]c(=O)oc2cc1N. The van der Waals surface area contributed by atoms with Gasteiger partial charge in [0.15, 0.2) is 5.58 Å². The van der Waals surface area contributed by atoms with Gasteiger partial charge in [-0.05, 0) is 18.2 Å². The van der Waals surface area contributed by atoms with E-state index in [9.17, 15) is 4.79 Å². The number of hydrogen-bond donors (Lipinski definition) is 2. The molecule has 17 heavy (non-hydrogen) atoms. The van der Waals surface area contributed by atoms with Crippen molar-refractivity contribution in [2.24, 2.45) is 0 Å². The Bertz CT molecular complexity index is 559. The average molecular weight is 252 g/mol. The normalized spacial score (nSPS) is 11.1. The second kappa shape index (κ2) is 5.31. The van der Waals surface area contributed by atoms with Crippen LogP contribution in [0.3, 0.4) is 0 Å². The number of anilines is 1. The lowest BCUT2D eigenvalue weighted by atomic mass is 10.3. The topological polar surface area (TPSA) is 72.0 Å². The number of rotatable bonds is 5. The van der Waals surface area contributed by atoms with Crippen LogP contribution in [0.15, 0.2) is 26.2 Å². The number of H-pyrrole nitrogens is 1. The summed E-state index contributed by atoms with van der Waals surface area (Å²) in [7, 11) is 0. The number of aromatic amines is 1. The van der Waals surface area contributed by atoms with Crippen LogP contribution in [0.4, 0.5) is 5.69 Å². The van der Waals surface area contributed by atoms with Crippen LogP contribution in [0, 0.1) is 0 Å². The molecule has 0 bridgehead atoms. The molecule has 0 spiro atoms. The summed E-state index contributed by atoms with van der Waals surface area (Å²) in [5, 5.41) is 0. The van der Waals surface area contributed by atoms with Crippen LogP contribution in [0.5, 0.6) is 0 Å². The van der Waals surface area contributed by atoms with Crippen molar-refractivity contribution in [3.05, 3.63) is 22.7 Å². The molecule has 0 amide bonds. The number of nitrogens with two attached hydrogens (primary N) is 1. The molecule has 0 aliphatic carbocycles. The summed E-state index contributed by atoms with van der Waals surface area (Å²) in [5.41, 5.74) is 7.81. The van der Waals surface area contributed by atoms with Gasteiger partial charge in [0.05, 0.1) is 5.52 Å². The van der Waals surface area contributed by atoms with Crippen LogP contribution in [0.2, 0.25) is 0 Å². The molecular formula is C12H16N2O2S. The maximum atomic E-state index is 11.0. The molecule has 5 heteroatoms. The van der Waals surface area contributed by atoms with Gasteiger partial charge in [-0.15, -0.1) is 11.8 Å². The molecule has 92 valence electrons. The van der Waals surface area contributed by atoms with Crippen molar-refractivity contribution in [3.8, 4) is 0 Å². The number of oxazole rings is 1. The van der Waals surface area contributed by atoms with Gasteiger partial charge in [0, 0.05) is 16.6 Å². The minimum absolute atomic E-state index is 0.437. The van der Waals surface area contributed by atoms with Crippen molar-refractivity contribution < 1.29 is 4.42 Å². The van der Waals surface area contributed by atoms with Gasteiger partial charge in [-0.3, -0.25) is 4.98 Å². The lowest BCUT2D eigenvalue weighted by Gasteiger charge is -2.04. The van der Waals surface area contributed by atoms with E-state index in [1.54, 1.807) is 17.8 Å². The van der Waals surface area contributed by atoms with E-state index in [1.807, 2.05) is 6.07 Å². The first-order chi connectivity index (χ1) is 8.20. The molecule has 0 aliphatic rings. The monoisotopic (exact) mass is 252 g/mol. The molecule has 0 atom stereocenters. The molecule has 3 N–H and O–H groups in total. The summed E-state index contributed by atoms with van der Waals surface area (Å²) in [6.07, 6.45) is 3.63. The number of thioether (sulfide) groups is 1. The first-order valence-electron chi connectivity index (χ1n) is 5.76. The molecule has 0 aliphatic heterocycles. The molecule has 0 saturated heterocycles. The van der Waals surface area contributed by atoms with Crippen molar-refractivity contribution in [1.29, 1.82) is 0 Å². The van der Waals surface area contributed by atoms with Gasteiger partial charge in [0.2, 0.25) is 0 Å². The molecule has 0 fully saturated rings.